The normalized spacial score (nSPS) is 21.8. The van der Waals surface area contributed by atoms with Crippen molar-refractivity contribution < 1.29 is 9.53 Å². The van der Waals surface area contributed by atoms with Gasteiger partial charge in [0, 0.05) is 43.2 Å². The number of benzene rings is 1. The van der Waals surface area contributed by atoms with Gasteiger partial charge in [0.2, 0.25) is 5.91 Å². The maximum absolute atomic E-state index is 11.4. The highest BCUT2D eigenvalue weighted by atomic mass is 35.5. The Morgan fingerprint density at radius 2 is 2.18 bits per heavy atom. The maximum atomic E-state index is 11.4. The van der Waals surface area contributed by atoms with Crippen molar-refractivity contribution in [3.63, 3.8) is 0 Å². The number of nitrogens with one attached hydrogen (secondary N) is 1. The van der Waals surface area contributed by atoms with E-state index in [9.17, 15) is 4.79 Å². The summed E-state index contributed by atoms with van der Waals surface area (Å²) in [5, 5.41) is 4.66. The minimum atomic E-state index is 0.147. The van der Waals surface area contributed by atoms with E-state index < -0.39 is 0 Å². The van der Waals surface area contributed by atoms with Crippen molar-refractivity contribution in [2.45, 2.75) is 32.9 Å². The van der Waals surface area contributed by atoms with E-state index in [0.29, 0.717) is 34.3 Å². The standard InChI is InChI=1S/C16H22Cl2N2O2/c1-10-9-20(11(2)21)5-4-15(10)19-8-12-6-13(17)7-14(18)16(12)22-3/h6-7,10,15,19H,4-5,8-9H2,1-3H3/t10-,15-/m1/s1. The number of carbonyl (C=O) groups is 1. The third kappa shape index (κ3) is 4.06. The van der Waals surface area contributed by atoms with Crippen molar-refractivity contribution in [1.29, 1.82) is 0 Å². The summed E-state index contributed by atoms with van der Waals surface area (Å²) in [5.74, 6) is 1.21. The molecule has 1 heterocycles. The maximum Gasteiger partial charge on any atom is 0.219 e. The number of likely N-dealkylation sites (tertiary alicyclic amines) is 1. The van der Waals surface area contributed by atoms with Gasteiger partial charge in [-0.05, 0) is 24.5 Å². The van der Waals surface area contributed by atoms with Gasteiger partial charge in [-0.1, -0.05) is 30.1 Å². The van der Waals surface area contributed by atoms with Crippen molar-refractivity contribution in [3.05, 3.63) is 27.7 Å². The Morgan fingerprint density at radius 3 is 2.77 bits per heavy atom. The predicted octanol–water partition coefficient (Wildman–Crippen LogP) is 3.35. The summed E-state index contributed by atoms with van der Waals surface area (Å²) in [4.78, 5) is 13.4. The predicted molar refractivity (Wildman–Crippen MR) is 89.7 cm³/mol. The van der Waals surface area contributed by atoms with Crippen molar-refractivity contribution in [3.8, 4) is 5.75 Å². The second kappa shape index (κ2) is 7.53. The van der Waals surface area contributed by atoms with Crippen LogP contribution in [-0.4, -0.2) is 37.0 Å². The van der Waals surface area contributed by atoms with Gasteiger partial charge in [0.15, 0.2) is 0 Å². The summed E-state index contributed by atoms with van der Waals surface area (Å²) < 4.78 is 5.36. The van der Waals surface area contributed by atoms with Crippen LogP contribution in [-0.2, 0) is 11.3 Å². The van der Waals surface area contributed by atoms with Crippen LogP contribution >= 0.6 is 23.2 Å². The number of carbonyl (C=O) groups excluding carboxylic acids is 1. The van der Waals surface area contributed by atoms with Crippen molar-refractivity contribution in [2.75, 3.05) is 20.2 Å². The fourth-order valence-electron chi connectivity index (χ4n) is 2.95. The zero-order valence-electron chi connectivity index (χ0n) is 13.2. The summed E-state index contributed by atoms with van der Waals surface area (Å²) in [6.07, 6.45) is 0.942. The molecule has 1 aromatic carbocycles. The molecular weight excluding hydrogens is 323 g/mol. The molecule has 1 saturated heterocycles. The molecule has 1 aromatic rings. The van der Waals surface area contributed by atoms with Crippen LogP contribution in [0.25, 0.3) is 0 Å². The van der Waals surface area contributed by atoms with E-state index in [1.165, 1.54) is 0 Å². The molecule has 0 spiro atoms. The smallest absolute Gasteiger partial charge is 0.219 e. The summed E-state index contributed by atoms with van der Waals surface area (Å²) in [5.41, 5.74) is 0.946. The van der Waals surface area contributed by atoms with Crippen LogP contribution in [0.15, 0.2) is 12.1 Å². The number of hydrogen-bond acceptors (Lipinski definition) is 3. The van der Waals surface area contributed by atoms with E-state index in [-0.39, 0.29) is 5.91 Å². The van der Waals surface area contributed by atoms with Gasteiger partial charge in [-0.3, -0.25) is 4.79 Å². The van der Waals surface area contributed by atoms with Gasteiger partial charge in [0.25, 0.3) is 0 Å². The number of rotatable bonds is 4. The average molecular weight is 345 g/mol. The Balaban J connectivity index is 2.00. The van der Waals surface area contributed by atoms with Crippen LogP contribution in [0.4, 0.5) is 0 Å². The van der Waals surface area contributed by atoms with Crippen LogP contribution in [0.1, 0.15) is 25.8 Å². The molecule has 0 bridgehead atoms. The second-order valence-corrected chi connectivity index (χ2v) is 6.64. The number of nitrogens with zero attached hydrogens (tertiary/aromatic N) is 1. The van der Waals surface area contributed by atoms with E-state index in [0.717, 1.165) is 25.1 Å². The zero-order chi connectivity index (χ0) is 16.3. The van der Waals surface area contributed by atoms with E-state index in [2.05, 4.69) is 12.2 Å². The van der Waals surface area contributed by atoms with E-state index in [1.54, 1.807) is 20.1 Å². The fourth-order valence-corrected chi connectivity index (χ4v) is 3.56. The molecule has 2 atom stereocenters. The third-order valence-corrected chi connectivity index (χ3v) is 4.69. The van der Waals surface area contributed by atoms with Gasteiger partial charge >= 0.3 is 0 Å². The largest absolute Gasteiger partial charge is 0.495 e. The first-order valence-corrected chi connectivity index (χ1v) is 8.18. The third-order valence-electron chi connectivity index (χ3n) is 4.19. The highest BCUT2D eigenvalue weighted by molar-refractivity contribution is 6.35. The number of ether oxygens (including phenoxy) is 1. The molecule has 1 N–H and O–H groups in total. The summed E-state index contributed by atoms with van der Waals surface area (Å²) in [7, 11) is 1.60. The lowest BCUT2D eigenvalue weighted by molar-refractivity contribution is -0.130. The molecule has 22 heavy (non-hydrogen) atoms. The lowest BCUT2D eigenvalue weighted by atomic mass is 9.93. The van der Waals surface area contributed by atoms with Gasteiger partial charge in [0.1, 0.15) is 5.75 Å². The molecule has 2 rings (SSSR count). The number of hydrogen-bond donors (Lipinski definition) is 1. The SMILES string of the molecule is COc1c(Cl)cc(Cl)cc1CN[C@@H]1CCN(C(C)=O)C[C@H]1C. The number of methoxy groups -OCH3 is 1. The van der Waals surface area contributed by atoms with Gasteiger partial charge in [-0.15, -0.1) is 0 Å². The van der Waals surface area contributed by atoms with Crippen LogP contribution in [0.5, 0.6) is 5.75 Å². The molecular formula is C16H22Cl2N2O2. The minimum Gasteiger partial charge on any atom is -0.495 e. The highest BCUT2D eigenvalue weighted by Crippen LogP contribution is 2.32. The van der Waals surface area contributed by atoms with Crippen molar-refractivity contribution >= 4 is 29.1 Å². The first-order valence-electron chi connectivity index (χ1n) is 7.43. The Bertz CT molecular complexity index is 551. The molecule has 1 amide bonds. The lowest BCUT2D eigenvalue weighted by Gasteiger charge is -2.37. The van der Waals surface area contributed by atoms with Crippen LogP contribution in [0.3, 0.4) is 0 Å². The number of piperidine rings is 1. The summed E-state index contributed by atoms with van der Waals surface area (Å²) >= 11 is 12.2. The number of amides is 1. The first kappa shape index (κ1) is 17.4. The monoisotopic (exact) mass is 344 g/mol. The molecule has 0 unspecified atom stereocenters. The van der Waals surface area contributed by atoms with Gasteiger partial charge in [0.05, 0.1) is 12.1 Å². The van der Waals surface area contributed by atoms with Gasteiger partial charge in [-0.2, -0.15) is 0 Å². The van der Waals surface area contributed by atoms with E-state index >= 15 is 0 Å². The van der Waals surface area contributed by atoms with Gasteiger partial charge in [-0.25, -0.2) is 0 Å². The molecule has 6 heteroatoms. The summed E-state index contributed by atoms with van der Waals surface area (Å²) in [6.45, 7) is 6.01. The molecule has 1 fully saturated rings. The fraction of sp³-hybridized carbons (Fsp3) is 0.562. The lowest BCUT2D eigenvalue weighted by Crippen LogP contribution is -2.49. The van der Waals surface area contributed by atoms with Crippen LogP contribution < -0.4 is 10.1 Å². The van der Waals surface area contributed by atoms with E-state index in [4.69, 9.17) is 27.9 Å². The number of halogens is 2. The Hall–Kier alpha value is -0.970. The molecule has 0 radical (unpaired) electrons. The first-order chi connectivity index (χ1) is 10.4. The summed E-state index contributed by atoms with van der Waals surface area (Å²) in [6, 6.07) is 3.91. The highest BCUT2D eigenvalue weighted by Gasteiger charge is 2.27. The molecule has 0 aliphatic carbocycles. The van der Waals surface area contributed by atoms with Crippen molar-refractivity contribution in [2.24, 2.45) is 5.92 Å². The molecule has 1 aliphatic heterocycles. The quantitative estimate of drug-likeness (QED) is 0.910. The van der Waals surface area contributed by atoms with Crippen LogP contribution in [0, 0.1) is 5.92 Å². The molecule has 1 aliphatic rings. The zero-order valence-corrected chi connectivity index (χ0v) is 14.7. The van der Waals surface area contributed by atoms with Crippen LogP contribution in [0.2, 0.25) is 10.0 Å². The topological polar surface area (TPSA) is 41.6 Å². The Morgan fingerprint density at radius 1 is 1.45 bits per heavy atom. The average Bonchev–Trinajstić information content (AvgIpc) is 2.45. The Kier molecular flexibility index (Phi) is 5.95. The molecule has 122 valence electrons. The minimum absolute atomic E-state index is 0.147. The van der Waals surface area contributed by atoms with E-state index in [1.807, 2.05) is 11.0 Å². The van der Waals surface area contributed by atoms with Gasteiger partial charge < -0.3 is 15.0 Å². The van der Waals surface area contributed by atoms with Crippen molar-refractivity contribution in [1.82, 2.24) is 10.2 Å². The molecule has 0 saturated carbocycles. The molecule has 0 aromatic heterocycles. The second-order valence-electron chi connectivity index (χ2n) is 5.80. The molecule has 4 nitrogen and oxygen atoms in total. The Labute approximate surface area is 141 Å².